The van der Waals surface area contributed by atoms with Crippen molar-refractivity contribution >= 4 is 12.3 Å². The largest absolute Gasteiger partial charge is 0.491 e. The minimum absolute atomic E-state index is 0.637. The zero-order valence-corrected chi connectivity index (χ0v) is 11.2. The van der Waals surface area contributed by atoms with Crippen LogP contribution in [-0.2, 0) is 9.47 Å². The molecule has 104 valence electrons. The van der Waals surface area contributed by atoms with Gasteiger partial charge in [0.1, 0.15) is 18.2 Å². The maximum absolute atomic E-state index is 5.73. The zero-order chi connectivity index (χ0) is 13.3. The van der Waals surface area contributed by atoms with Gasteiger partial charge in [-0.1, -0.05) is 0 Å². The SMILES string of the molecule is C/N=C\C(=C/c1ncc[nH]1)OCCN1CCOCC1. The molecule has 1 aromatic rings. The minimum atomic E-state index is 0.637. The molecule has 2 rings (SSSR count). The molecule has 19 heavy (non-hydrogen) atoms. The first-order valence-corrected chi connectivity index (χ1v) is 6.44. The van der Waals surface area contributed by atoms with Crippen molar-refractivity contribution in [2.24, 2.45) is 4.99 Å². The quantitative estimate of drug-likeness (QED) is 0.610. The fourth-order valence-corrected chi connectivity index (χ4v) is 1.85. The molecular weight excluding hydrogens is 244 g/mol. The lowest BCUT2D eigenvalue weighted by molar-refractivity contribution is 0.0286. The minimum Gasteiger partial charge on any atom is -0.491 e. The van der Waals surface area contributed by atoms with E-state index in [0.717, 1.165) is 38.7 Å². The summed E-state index contributed by atoms with van der Waals surface area (Å²) in [6.07, 6.45) is 7.02. The summed E-state index contributed by atoms with van der Waals surface area (Å²) in [4.78, 5) is 13.5. The van der Waals surface area contributed by atoms with Crippen LogP contribution in [0.5, 0.6) is 0 Å². The van der Waals surface area contributed by atoms with E-state index in [1.54, 1.807) is 25.7 Å². The third kappa shape index (κ3) is 4.84. The molecule has 1 fully saturated rings. The first-order chi connectivity index (χ1) is 9.38. The molecule has 0 spiro atoms. The first-order valence-electron chi connectivity index (χ1n) is 6.44. The van der Waals surface area contributed by atoms with Crippen molar-refractivity contribution in [3.05, 3.63) is 24.0 Å². The lowest BCUT2D eigenvalue weighted by atomic mass is 10.4. The van der Waals surface area contributed by atoms with Crippen LogP contribution in [0.15, 0.2) is 23.1 Å². The van der Waals surface area contributed by atoms with E-state index in [1.807, 2.05) is 6.08 Å². The molecule has 6 nitrogen and oxygen atoms in total. The van der Waals surface area contributed by atoms with Crippen LogP contribution >= 0.6 is 0 Å². The van der Waals surface area contributed by atoms with Crippen molar-refractivity contribution < 1.29 is 9.47 Å². The number of aromatic nitrogens is 2. The molecule has 1 aromatic heterocycles. The van der Waals surface area contributed by atoms with Crippen molar-refractivity contribution in [3.8, 4) is 0 Å². The predicted molar refractivity (Wildman–Crippen MR) is 74.2 cm³/mol. The summed E-state index contributed by atoms with van der Waals surface area (Å²) in [6.45, 7) is 5.11. The molecule has 0 amide bonds. The highest BCUT2D eigenvalue weighted by molar-refractivity contribution is 5.82. The second kappa shape index (κ2) is 7.70. The number of hydrogen-bond donors (Lipinski definition) is 1. The number of hydrogen-bond acceptors (Lipinski definition) is 5. The molecule has 0 atom stereocenters. The number of aliphatic imine (C=N–C) groups is 1. The maximum atomic E-state index is 5.73. The van der Waals surface area contributed by atoms with Gasteiger partial charge in [0, 0.05) is 45.2 Å². The number of imidazole rings is 1. The van der Waals surface area contributed by atoms with E-state index in [1.165, 1.54) is 0 Å². The summed E-state index contributed by atoms with van der Waals surface area (Å²) in [5, 5.41) is 0. The Bertz CT molecular complexity index is 408. The number of nitrogens with one attached hydrogen (secondary N) is 1. The lowest BCUT2D eigenvalue weighted by Crippen LogP contribution is -2.38. The molecule has 0 bridgehead atoms. The fraction of sp³-hybridized carbons (Fsp3) is 0.538. The number of nitrogens with zero attached hydrogens (tertiary/aromatic N) is 3. The van der Waals surface area contributed by atoms with Crippen molar-refractivity contribution in [2.75, 3.05) is 46.5 Å². The number of morpholine rings is 1. The summed E-state index contributed by atoms with van der Waals surface area (Å²) in [6, 6.07) is 0. The maximum Gasteiger partial charge on any atom is 0.140 e. The highest BCUT2D eigenvalue weighted by Crippen LogP contribution is 2.03. The van der Waals surface area contributed by atoms with Crippen LogP contribution in [0.4, 0.5) is 0 Å². The highest BCUT2D eigenvalue weighted by atomic mass is 16.5. The average Bonchev–Trinajstić information content (AvgIpc) is 2.93. The van der Waals surface area contributed by atoms with E-state index in [2.05, 4.69) is 19.9 Å². The van der Waals surface area contributed by atoms with Crippen LogP contribution < -0.4 is 0 Å². The third-order valence-electron chi connectivity index (χ3n) is 2.83. The molecule has 2 heterocycles. The Balaban J connectivity index is 1.80. The molecule has 6 heteroatoms. The van der Waals surface area contributed by atoms with E-state index in [4.69, 9.17) is 9.47 Å². The lowest BCUT2D eigenvalue weighted by Gasteiger charge is -2.26. The molecule has 1 N–H and O–H groups in total. The number of H-pyrrole nitrogens is 1. The van der Waals surface area contributed by atoms with Gasteiger partial charge in [0.2, 0.25) is 0 Å². The Morgan fingerprint density at radius 2 is 2.42 bits per heavy atom. The summed E-state index contributed by atoms with van der Waals surface area (Å²) < 4.78 is 11.0. The number of ether oxygens (including phenoxy) is 2. The van der Waals surface area contributed by atoms with Gasteiger partial charge in [-0.15, -0.1) is 0 Å². The normalized spacial score (nSPS) is 18.1. The van der Waals surface area contributed by atoms with Gasteiger partial charge in [0.15, 0.2) is 0 Å². The van der Waals surface area contributed by atoms with Gasteiger partial charge in [-0.25, -0.2) is 4.98 Å². The molecular formula is C13H20N4O2. The van der Waals surface area contributed by atoms with E-state index < -0.39 is 0 Å². The Labute approximate surface area is 113 Å². The molecule has 0 unspecified atom stereocenters. The van der Waals surface area contributed by atoms with Gasteiger partial charge in [-0.05, 0) is 0 Å². The van der Waals surface area contributed by atoms with E-state index in [0.29, 0.717) is 12.4 Å². The Morgan fingerprint density at radius 3 is 3.11 bits per heavy atom. The van der Waals surface area contributed by atoms with Crippen LogP contribution in [-0.4, -0.2) is 67.6 Å². The monoisotopic (exact) mass is 264 g/mol. The number of aromatic amines is 1. The van der Waals surface area contributed by atoms with Gasteiger partial charge in [0.25, 0.3) is 0 Å². The van der Waals surface area contributed by atoms with Gasteiger partial charge in [-0.3, -0.25) is 9.89 Å². The first kappa shape index (κ1) is 13.8. The van der Waals surface area contributed by atoms with E-state index in [-0.39, 0.29) is 0 Å². The average molecular weight is 264 g/mol. The van der Waals surface area contributed by atoms with Gasteiger partial charge >= 0.3 is 0 Å². The molecule has 1 aliphatic heterocycles. The Hall–Kier alpha value is -1.66. The molecule has 0 aliphatic carbocycles. The highest BCUT2D eigenvalue weighted by Gasteiger charge is 2.09. The fourth-order valence-electron chi connectivity index (χ4n) is 1.85. The van der Waals surface area contributed by atoms with Crippen LogP contribution in [0.1, 0.15) is 5.82 Å². The van der Waals surface area contributed by atoms with E-state index in [9.17, 15) is 0 Å². The van der Waals surface area contributed by atoms with Gasteiger partial charge in [0.05, 0.1) is 19.4 Å². The molecule has 0 radical (unpaired) electrons. The van der Waals surface area contributed by atoms with Crippen molar-refractivity contribution in [3.63, 3.8) is 0 Å². The molecule has 1 saturated heterocycles. The van der Waals surface area contributed by atoms with E-state index >= 15 is 0 Å². The summed E-state index contributed by atoms with van der Waals surface area (Å²) in [7, 11) is 1.72. The van der Waals surface area contributed by atoms with Gasteiger partial charge in [-0.2, -0.15) is 0 Å². The molecule has 0 aromatic carbocycles. The topological polar surface area (TPSA) is 62.7 Å². The van der Waals surface area contributed by atoms with Crippen molar-refractivity contribution in [2.45, 2.75) is 0 Å². The second-order valence-electron chi connectivity index (χ2n) is 4.21. The summed E-state index contributed by atoms with van der Waals surface area (Å²) in [5.41, 5.74) is 0. The van der Waals surface area contributed by atoms with Crippen LogP contribution in [0.3, 0.4) is 0 Å². The predicted octanol–water partition coefficient (Wildman–Crippen LogP) is 0.800. The smallest absolute Gasteiger partial charge is 0.140 e. The summed E-state index contributed by atoms with van der Waals surface area (Å²) >= 11 is 0. The van der Waals surface area contributed by atoms with Crippen molar-refractivity contribution in [1.29, 1.82) is 0 Å². The van der Waals surface area contributed by atoms with Crippen LogP contribution in [0, 0.1) is 0 Å². The zero-order valence-electron chi connectivity index (χ0n) is 11.2. The summed E-state index contributed by atoms with van der Waals surface area (Å²) in [5.74, 6) is 1.48. The van der Waals surface area contributed by atoms with Crippen LogP contribution in [0.2, 0.25) is 0 Å². The third-order valence-corrected chi connectivity index (χ3v) is 2.83. The molecule has 1 aliphatic rings. The van der Waals surface area contributed by atoms with Crippen LogP contribution in [0.25, 0.3) is 6.08 Å². The number of rotatable bonds is 6. The Kier molecular flexibility index (Phi) is 5.58. The standard InChI is InChI=1S/C13H20N4O2/c1-14-11-12(10-13-15-2-3-16-13)19-9-6-17-4-7-18-8-5-17/h2-3,10-11H,4-9H2,1H3,(H,15,16)/b12-10+,14-11-. The second-order valence-corrected chi connectivity index (χ2v) is 4.21. The molecule has 0 saturated carbocycles. The van der Waals surface area contributed by atoms with Crippen molar-refractivity contribution in [1.82, 2.24) is 14.9 Å². The Morgan fingerprint density at radius 1 is 1.58 bits per heavy atom. The number of allylic oxidation sites excluding steroid dienone is 1. The van der Waals surface area contributed by atoms with Gasteiger partial charge < -0.3 is 14.5 Å².